The number of para-hydroxylation sites is 1. The van der Waals surface area contributed by atoms with Gasteiger partial charge in [-0.05, 0) is 18.6 Å². The molecule has 0 radical (unpaired) electrons. The summed E-state index contributed by atoms with van der Waals surface area (Å²) < 4.78 is 6.92. The van der Waals surface area contributed by atoms with E-state index >= 15 is 0 Å². The molecule has 0 saturated heterocycles. The standard InChI is InChI=1S/C17H19N3O3/c1-2-10-20-16(21)8-7-14(19-20)17(22)18-13-9-11-23-15-6-4-3-5-12(13)15/h3-8,13H,2,9-11H2,1H3,(H,18,22)/t13-/m0/s1. The maximum atomic E-state index is 12.5. The Labute approximate surface area is 134 Å². The van der Waals surface area contributed by atoms with Gasteiger partial charge in [0.25, 0.3) is 11.5 Å². The van der Waals surface area contributed by atoms with Crippen molar-refractivity contribution in [1.29, 1.82) is 0 Å². The SMILES string of the molecule is CCCn1nc(C(=O)N[C@H]2CCOc3ccccc32)ccc1=O. The van der Waals surface area contributed by atoms with Gasteiger partial charge in [0.1, 0.15) is 11.4 Å². The van der Waals surface area contributed by atoms with E-state index in [2.05, 4.69) is 10.4 Å². The molecule has 0 aliphatic carbocycles. The predicted octanol–water partition coefficient (Wildman–Crippen LogP) is 1.91. The van der Waals surface area contributed by atoms with E-state index in [-0.39, 0.29) is 23.2 Å². The summed E-state index contributed by atoms with van der Waals surface area (Å²) in [6, 6.07) is 10.4. The van der Waals surface area contributed by atoms with Crippen LogP contribution in [0.15, 0.2) is 41.2 Å². The van der Waals surface area contributed by atoms with E-state index in [1.54, 1.807) is 0 Å². The number of carbonyl (C=O) groups is 1. The number of benzene rings is 1. The predicted molar refractivity (Wildman–Crippen MR) is 85.5 cm³/mol. The van der Waals surface area contributed by atoms with Crippen LogP contribution in [0.3, 0.4) is 0 Å². The molecule has 1 atom stereocenters. The van der Waals surface area contributed by atoms with E-state index in [4.69, 9.17) is 4.74 Å². The summed E-state index contributed by atoms with van der Waals surface area (Å²) in [7, 11) is 0. The highest BCUT2D eigenvalue weighted by Gasteiger charge is 2.23. The van der Waals surface area contributed by atoms with Gasteiger partial charge < -0.3 is 10.1 Å². The van der Waals surface area contributed by atoms with E-state index in [1.165, 1.54) is 16.8 Å². The van der Waals surface area contributed by atoms with Crippen LogP contribution in [-0.4, -0.2) is 22.3 Å². The first-order valence-electron chi connectivity index (χ1n) is 7.80. The molecule has 23 heavy (non-hydrogen) atoms. The highest BCUT2D eigenvalue weighted by atomic mass is 16.5. The number of carbonyl (C=O) groups excluding carboxylic acids is 1. The zero-order valence-corrected chi connectivity index (χ0v) is 13.0. The third-order valence-corrected chi connectivity index (χ3v) is 3.80. The Kier molecular flexibility index (Phi) is 4.41. The summed E-state index contributed by atoms with van der Waals surface area (Å²) in [5.74, 6) is 0.518. The molecule has 6 nitrogen and oxygen atoms in total. The fourth-order valence-corrected chi connectivity index (χ4v) is 2.67. The summed E-state index contributed by atoms with van der Waals surface area (Å²) >= 11 is 0. The lowest BCUT2D eigenvalue weighted by Gasteiger charge is -2.26. The zero-order chi connectivity index (χ0) is 16.2. The number of aromatic nitrogens is 2. The third kappa shape index (κ3) is 3.26. The van der Waals surface area contributed by atoms with E-state index in [0.717, 1.165) is 17.7 Å². The number of hydrogen-bond acceptors (Lipinski definition) is 4. The highest BCUT2D eigenvalue weighted by Crippen LogP contribution is 2.31. The van der Waals surface area contributed by atoms with Crippen molar-refractivity contribution in [2.45, 2.75) is 32.4 Å². The van der Waals surface area contributed by atoms with Crippen LogP contribution in [0.2, 0.25) is 0 Å². The van der Waals surface area contributed by atoms with Crippen LogP contribution in [-0.2, 0) is 6.54 Å². The van der Waals surface area contributed by atoms with E-state index in [1.807, 2.05) is 31.2 Å². The van der Waals surface area contributed by atoms with Crippen molar-refractivity contribution in [3.8, 4) is 5.75 Å². The van der Waals surface area contributed by atoms with E-state index in [9.17, 15) is 9.59 Å². The minimum Gasteiger partial charge on any atom is -0.493 e. The maximum Gasteiger partial charge on any atom is 0.272 e. The molecule has 0 spiro atoms. The summed E-state index contributed by atoms with van der Waals surface area (Å²) in [4.78, 5) is 24.2. The quantitative estimate of drug-likeness (QED) is 0.936. The van der Waals surface area contributed by atoms with Crippen LogP contribution in [0.5, 0.6) is 5.75 Å². The Morgan fingerprint density at radius 2 is 2.17 bits per heavy atom. The Balaban J connectivity index is 1.80. The number of nitrogens with one attached hydrogen (secondary N) is 1. The molecule has 1 aliphatic rings. The van der Waals surface area contributed by atoms with Gasteiger partial charge in [-0.2, -0.15) is 5.10 Å². The smallest absolute Gasteiger partial charge is 0.272 e. The van der Waals surface area contributed by atoms with Crippen molar-refractivity contribution in [3.63, 3.8) is 0 Å². The Hall–Kier alpha value is -2.63. The van der Waals surface area contributed by atoms with Gasteiger partial charge in [0.2, 0.25) is 0 Å². The fraction of sp³-hybridized carbons (Fsp3) is 0.353. The number of rotatable bonds is 4. The van der Waals surface area contributed by atoms with Crippen molar-refractivity contribution < 1.29 is 9.53 Å². The Morgan fingerprint density at radius 3 is 3.00 bits per heavy atom. The van der Waals surface area contributed by atoms with Gasteiger partial charge in [0.05, 0.1) is 12.6 Å². The molecule has 0 saturated carbocycles. The fourth-order valence-electron chi connectivity index (χ4n) is 2.67. The Bertz CT molecular complexity index is 770. The summed E-state index contributed by atoms with van der Waals surface area (Å²) in [6.07, 6.45) is 1.49. The Morgan fingerprint density at radius 1 is 1.35 bits per heavy atom. The van der Waals surface area contributed by atoms with Gasteiger partial charge in [-0.25, -0.2) is 4.68 Å². The molecule has 6 heteroatoms. The van der Waals surface area contributed by atoms with Crippen LogP contribution in [0.4, 0.5) is 0 Å². The molecule has 1 N–H and O–H groups in total. The number of aryl methyl sites for hydroxylation is 1. The van der Waals surface area contributed by atoms with Gasteiger partial charge in [0.15, 0.2) is 0 Å². The molecule has 0 fully saturated rings. The molecule has 1 aromatic carbocycles. The topological polar surface area (TPSA) is 73.2 Å². The lowest BCUT2D eigenvalue weighted by Crippen LogP contribution is -2.34. The lowest BCUT2D eigenvalue weighted by molar-refractivity contribution is 0.0917. The summed E-state index contributed by atoms with van der Waals surface area (Å²) in [6.45, 7) is 3.02. The average molecular weight is 313 g/mol. The first kappa shape index (κ1) is 15.3. The minimum absolute atomic E-state index is 0.110. The van der Waals surface area contributed by atoms with Gasteiger partial charge in [-0.15, -0.1) is 0 Å². The van der Waals surface area contributed by atoms with Crippen LogP contribution in [0, 0.1) is 0 Å². The van der Waals surface area contributed by atoms with Crippen molar-refractivity contribution in [2.75, 3.05) is 6.61 Å². The average Bonchev–Trinajstić information content (AvgIpc) is 2.57. The first-order valence-corrected chi connectivity index (χ1v) is 7.80. The van der Waals surface area contributed by atoms with Crippen LogP contribution < -0.4 is 15.6 Å². The van der Waals surface area contributed by atoms with Crippen molar-refractivity contribution >= 4 is 5.91 Å². The lowest BCUT2D eigenvalue weighted by atomic mass is 10.0. The second-order valence-electron chi connectivity index (χ2n) is 5.48. The van der Waals surface area contributed by atoms with Crippen LogP contribution in [0.1, 0.15) is 41.9 Å². The van der Waals surface area contributed by atoms with Crippen LogP contribution in [0.25, 0.3) is 0 Å². The molecule has 0 unspecified atom stereocenters. The highest BCUT2D eigenvalue weighted by molar-refractivity contribution is 5.92. The van der Waals surface area contributed by atoms with Crippen LogP contribution >= 0.6 is 0 Å². The molecule has 2 heterocycles. The molecule has 0 bridgehead atoms. The number of hydrogen-bond donors (Lipinski definition) is 1. The normalized spacial score (nSPS) is 16.3. The number of nitrogens with zero attached hydrogens (tertiary/aromatic N) is 2. The summed E-state index contributed by atoms with van der Waals surface area (Å²) in [5, 5.41) is 7.13. The van der Waals surface area contributed by atoms with Crippen molar-refractivity contribution in [3.05, 3.63) is 58.0 Å². The molecule has 120 valence electrons. The number of ether oxygens (including phenoxy) is 1. The van der Waals surface area contributed by atoms with Gasteiger partial charge >= 0.3 is 0 Å². The monoisotopic (exact) mass is 313 g/mol. The second-order valence-corrected chi connectivity index (χ2v) is 5.48. The maximum absolute atomic E-state index is 12.5. The zero-order valence-electron chi connectivity index (χ0n) is 13.0. The molecule has 1 amide bonds. The molecular weight excluding hydrogens is 294 g/mol. The van der Waals surface area contributed by atoms with E-state index in [0.29, 0.717) is 19.6 Å². The minimum atomic E-state index is -0.281. The molecule has 1 aliphatic heterocycles. The second kappa shape index (κ2) is 6.64. The number of amides is 1. The van der Waals surface area contributed by atoms with Gasteiger partial charge in [-0.3, -0.25) is 9.59 Å². The van der Waals surface area contributed by atoms with Crippen molar-refractivity contribution in [2.24, 2.45) is 0 Å². The van der Waals surface area contributed by atoms with Gasteiger partial charge in [0, 0.05) is 24.6 Å². The molecular formula is C17H19N3O3. The molecule has 3 rings (SSSR count). The third-order valence-electron chi connectivity index (χ3n) is 3.80. The molecule has 2 aromatic rings. The van der Waals surface area contributed by atoms with Crippen molar-refractivity contribution in [1.82, 2.24) is 15.1 Å². The van der Waals surface area contributed by atoms with E-state index < -0.39 is 0 Å². The van der Waals surface area contributed by atoms with Gasteiger partial charge in [-0.1, -0.05) is 25.1 Å². The summed E-state index contributed by atoms with van der Waals surface area (Å²) in [5.41, 5.74) is 1.02. The largest absolute Gasteiger partial charge is 0.493 e. The first-order chi connectivity index (χ1) is 11.2. The molecule has 1 aromatic heterocycles. The number of fused-ring (bicyclic) bond motifs is 1.